The van der Waals surface area contributed by atoms with Gasteiger partial charge in [-0.3, -0.25) is 9.97 Å². The van der Waals surface area contributed by atoms with Gasteiger partial charge in [0.15, 0.2) is 0 Å². The summed E-state index contributed by atoms with van der Waals surface area (Å²) in [6, 6.07) is 13.4. The molecule has 0 amide bonds. The van der Waals surface area contributed by atoms with Gasteiger partial charge in [0.25, 0.3) is 0 Å². The van der Waals surface area contributed by atoms with E-state index in [2.05, 4.69) is 58.5 Å². The standard InChI is InChI=1S/C20H14N2/c1-2-4-14-8-16-10-18-12-20-19(21-5-6-22-20)11-17(18)9-15(16)7-13(14)3-1/h3-12H,1-2H2. The average Bonchev–Trinajstić information content (AvgIpc) is 2.56. The number of benzene rings is 3. The van der Waals surface area contributed by atoms with Crippen LogP contribution in [0.4, 0.5) is 0 Å². The zero-order valence-electron chi connectivity index (χ0n) is 12.1. The van der Waals surface area contributed by atoms with Crippen molar-refractivity contribution in [2.45, 2.75) is 12.8 Å². The highest BCUT2D eigenvalue weighted by atomic mass is 14.8. The maximum Gasteiger partial charge on any atom is 0.0893 e. The summed E-state index contributed by atoms with van der Waals surface area (Å²) in [6.07, 6.45) is 10.5. The van der Waals surface area contributed by atoms with E-state index in [9.17, 15) is 0 Å². The molecule has 0 unspecified atom stereocenters. The van der Waals surface area contributed by atoms with Crippen LogP contribution in [0.25, 0.3) is 44.7 Å². The van der Waals surface area contributed by atoms with Crippen molar-refractivity contribution in [3.63, 3.8) is 0 Å². The topological polar surface area (TPSA) is 25.8 Å². The minimum absolute atomic E-state index is 0.951. The molecule has 0 saturated carbocycles. The Labute approximate surface area is 127 Å². The van der Waals surface area contributed by atoms with Crippen molar-refractivity contribution < 1.29 is 0 Å². The van der Waals surface area contributed by atoms with Gasteiger partial charge in [-0.05, 0) is 81.2 Å². The lowest BCUT2D eigenvalue weighted by atomic mass is 9.99. The summed E-state index contributed by atoms with van der Waals surface area (Å²) in [5.41, 5.74) is 1.90. The molecule has 0 fully saturated rings. The lowest BCUT2D eigenvalue weighted by molar-refractivity contribution is 1.12. The number of fused-ring (bicyclic) bond motifs is 4. The Kier molecular flexibility index (Phi) is 2.36. The summed E-state index contributed by atoms with van der Waals surface area (Å²) >= 11 is 0. The highest BCUT2D eigenvalue weighted by molar-refractivity contribution is 6.03. The highest BCUT2D eigenvalue weighted by Gasteiger charge is 2.03. The van der Waals surface area contributed by atoms with Crippen LogP contribution >= 0.6 is 0 Å². The fraction of sp³-hybridized carbons (Fsp3) is 0.100. The van der Waals surface area contributed by atoms with Gasteiger partial charge >= 0.3 is 0 Å². The molecule has 0 aliphatic heterocycles. The van der Waals surface area contributed by atoms with Gasteiger partial charge < -0.3 is 0 Å². The van der Waals surface area contributed by atoms with Crippen molar-refractivity contribution in [2.24, 2.45) is 0 Å². The van der Waals surface area contributed by atoms with Gasteiger partial charge in [0.2, 0.25) is 0 Å². The smallest absolute Gasteiger partial charge is 0.0893 e. The molecule has 1 aliphatic carbocycles. The molecule has 22 heavy (non-hydrogen) atoms. The van der Waals surface area contributed by atoms with E-state index in [-0.39, 0.29) is 0 Å². The van der Waals surface area contributed by atoms with Crippen molar-refractivity contribution in [1.29, 1.82) is 0 Å². The van der Waals surface area contributed by atoms with Crippen molar-refractivity contribution in [1.82, 2.24) is 9.97 Å². The van der Waals surface area contributed by atoms with Crippen LogP contribution in [-0.2, 0) is 0 Å². The summed E-state index contributed by atoms with van der Waals surface area (Å²) in [5.74, 6) is 0. The third-order valence-electron chi connectivity index (χ3n) is 4.48. The molecule has 104 valence electrons. The van der Waals surface area contributed by atoms with Crippen LogP contribution < -0.4 is 10.4 Å². The van der Waals surface area contributed by atoms with E-state index in [0.29, 0.717) is 0 Å². The first-order valence-electron chi connectivity index (χ1n) is 7.65. The van der Waals surface area contributed by atoms with Gasteiger partial charge in [0.05, 0.1) is 11.0 Å². The molecule has 0 saturated heterocycles. The third-order valence-corrected chi connectivity index (χ3v) is 4.48. The van der Waals surface area contributed by atoms with Crippen LogP contribution in [0, 0.1) is 0 Å². The average molecular weight is 282 g/mol. The van der Waals surface area contributed by atoms with Crippen LogP contribution in [0.15, 0.2) is 48.8 Å². The van der Waals surface area contributed by atoms with Gasteiger partial charge in [-0.15, -0.1) is 0 Å². The molecule has 2 heteroatoms. The second-order valence-electron chi connectivity index (χ2n) is 5.91. The molecule has 5 rings (SSSR count). The first-order valence-corrected chi connectivity index (χ1v) is 7.65. The largest absolute Gasteiger partial charge is 0.253 e. The summed E-state index contributed by atoms with van der Waals surface area (Å²) in [5, 5.41) is 7.75. The van der Waals surface area contributed by atoms with Crippen LogP contribution in [0.5, 0.6) is 0 Å². The molecule has 3 aromatic carbocycles. The van der Waals surface area contributed by atoms with E-state index in [0.717, 1.165) is 23.9 Å². The van der Waals surface area contributed by atoms with Gasteiger partial charge in [0, 0.05) is 12.4 Å². The zero-order valence-corrected chi connectivity index (χ0v) is 12.1. The van der Waals surface area contributed by atoms with Gasteiger partial charge in [0.1, 0.15) is 0 Å². The molecule has 4 aromatic rings. The second-order valence-corrected chi connectivity index (χ2v) is 5.91. The van der Waals surface area contributed by atoms with Crippen molar-refractivity contribution in [3.05, 3.63) is 59.2 Å². The Morgan fingerprint density at radius 1 is 0.545 bits per heavy atom. The Morgan fingerprint density at radius 3 is 1.50 bits per heavy atom. The minimum Gasteiger partial charge on any atom is -0.253 e. The lowest BCUT2D eigenvalue weighted by Gasteiger charge is -2.06. The maximum absolute atomic E-state index is 4.41. The molecule has 0 atom stereocenters. The minimum atomic E-state index is 0.951. The molecule has 0 bridgehead atoms. The monoisotopic (exact) mass is 282 g/mol. The Balaban J connectivity index is 1.93. The van der Waals surface area contributed by atoms with E-state index >= 15 is 0 Å². The summed E-state index contributed by atoms with van der Waals surface area (Å²) in [7, 11) is 0. The van der Waals surface area contributed by atoms with E-state index in [1.54, 1.807) is 12.4 Å². The van der Waals surface area contributed by atoms with Crippen molar-refractivity contribution >= 4 is 44.7 Å². The van der Waals surface area contributed by atoms with Crippen LogP contribution in [0.1, 0.15) is 12.8 Å². The number of hydrogen-bond donors (Lipinski definition) is 0. The van der Waals surface area contributed by atoms with Crippen LogP contribution in [0.3, 0.4) is 0 Å². The molecule has 1 aromatic heterocycles. The molecule has 0 N–H and O–H groups in total. The molecule has 1 heterocycles. The predicted octanol–water partition coefficient (Wildman–Crippen LogP) is 3.29. The molecule has 2 nitrogen and oxygen atoms in total. The Morgan fingerprint density at radius 2 is 1.00 bits per heavy atom. The van der Waals surface area contributed by atoms with Gasteiger partial charge in [-0.1, -0.05) is 12.2 Å². The maximum atomic E-state index is 4.41. The first kappa shape index (κ1) is 11.9. The number of rotatable bonds is 0. The number of hydrogen-bond acceptors (Lipinski definition) is 2. The second kappa shape index (κ2) is 4.38. The fourth-order valence-electron chi connectivity index (χ4n) is 3.38. The normalized spacial score (nSPS) is 13.8. The van der Waals surface area contributed by atoms with Crippen molar-refractivity contribution in [2.75, 3.05) is 0 Å². The van der Waals surface area contributed by atoms with E-state index < -0.39 is 0 Å². The summed E-state index contributed by atoms with van der Waals surface area (Å²) in [4.78, 5) is 8.82. The number of nitrogens with zero attached hydrogens (tertiary/aromatic N) is 2. The Bertz CT molecular complexity index is 1080. The van der Waals surface area contributed by atoms with E-state index in [4.69, 9.17) is 0 Å². The molecular weight excluding hydrogens is 268 g/mol. The summed E-state index contributed by atoms with van der Waals surface area (Å²) in [6.45, 7) is 0. The quantitative estimate of drug-likeness (QED) is 0.462. The van der Waals surface area contributed by atoms with E-state index in [1.165, 1.54) is 32.0 Å². The SMILES string of the molecule is C1=c2cc3cc4cc5nccnc5cc4cc3cc2=CCC1. The third kappa shape index (κ3) is 1.74. The fourth-order valence-corrected chi connectivity index (χ4v) is 3.38. The first-order chi connectivity index (χ1) is 10.9. The zero-order chi connectivity index (χ0) is 14.5. The van der Waals surface area contributed by atoms with Crippen molar-refractivity contribution in [3.8, 4) is 0 Å². The summed E-state index contributed by atoms with van der Waals surface area (Å²) < 4.78 is 0. The van der Waals surface area contributed by atoms with Crippen LogP contribution in [0.2, 0.25) is 0 Å². The molecule has 0 radical (unpaired) electrons. The van der Waals surface area contributed by atoms with Crippen LogP contribution in [-0.4, -0.2) is 9.97 Å². The molecule has 1 aliphatic rings. The highest BCUT2D eigenvalue weighted by Crippen LogP contribution is 2.24. The predicted molar refractivity (Wildman–Crippen MR) is 92.0 cm³/mol. The molecular formula is C20H14N2. The molecule has 0 spiro atoms. The van der Waals surface area contributed by atoms with Gasteiger partial charge in [-0.25, -0.2) is 0 Å². The number of aromatic nitrogens is 2. The lowest BCUT2D eigenvalue weighted by Crippen LogP contribution is -2.26. The van der Waals surface area contributed by atoms with E-state index in [1.807, 2.05) is 0 Å². The van der Waals surface area contributed by atoms with Gasteiger partial charge in [-0.2, -0.15) is 0 Å². The Hall–Kier alpha value is -2.74.